The Morgan fingerprint density at radius 3 is 2.10 bits per heavy atom. The van der Waals surface area contributed by atoms with Gasteiger partial charge in [0.15, 0.2) is 11.5 Å². The fourth-order valence-electron chi connectivity index (χ4n) is 7.62. The van der Waals surface area contributed by atoms with Crippen LogP contribution < -0.4 is 23.8 Å². The molecule has 2 heterocycles. The lowest BCUT2D eigenvalue weighted by atomic mass is 9.68. The number of nitrogens with zero attached hydrogens (tertiary/aromatic N) is 3. The van der Waals surface area contributed by atoms with Gasteiger partial charge in [-0.25, -0.2) is 0 Å². The smallest absolute Gasteiger partial charge is 0.237 e. The van der Waals surface area contributed by atoms with E-state index >= 15 is 0 Å². The zero-order chi connectivity index (χ0) is 34.6. The molecule has 8 heteroatoms. The van der Waals surface area contributed by atoms with Gasteiger partial charge in [0, 0.05) is 51.0 Å². The number of hydrogen-bond donors (Lipinski definition) is 0. The van der Waals surface area contributed by atoms with Gasteiger partial charge < -0.3 is 33.6 Å². The van der Waals surface area contributed by atoms with Crippen LogP contribution in [-0.2, 0) is 23.1 Å². The second-order valence-corrected chi connectivity index (χ2v) is 13.6. The average Bonchev–Trinajstić information content (AvgIpc) is 3.14. The maximum atomic E-state index is 14.2. The summed E-state index contributed by atoms with van der Waals surface area (Å²) in [5.41, 5.74) is 3.87. The summed E-state index contributed by atoms with van der Waals surface area (Å²) in [5.74, 6) is 3.09. The van der Waals surface area contributed by atoms with Gasteiger partial charge in [-0.05, 0) is 74.0 Å². The Morgan fingerprint density at radius 1 is 0.735 bits per heavy atom. The summed E-state index contributed by atoms with van der Waals surface area (Å²) in [7, 11) is 6.89. The number of anilines is 1. The molecule has 266 valence electrons. The second-order valence-electron chi connectivity index (χ2n) is 13.6. The summed E-state index contributed by atoms with van der Waals surface area (Å²) in [5, 5.41) is 0. The predicted molar refractivity (Wildman–Crippen MR) is 198 cm³/mol. The summed E-state index contributed by atoms with van der Waals surface area (Å²) in [6.07, 6.45) is 9.09. The Balaban J connectivity index is 1.11. The monoisotopic (exact) mass is 671 g/mol. The minimum Gasteiger partial charge on any atom is -0.493 e. The van der Waals surface area contributed by atoms with Gasteiger partial charge in [0.1, 0.15) is 5.75 Å². The van der Waals surface area contributed by atoms with E-state index in [-0.39, 0.29) is 5.91 Å². The zero-order valence-corrected chi connectivity index (χ0v) is 30.5. The minimum absolute atomic E-state index is 0.182. The number of benzene rings is 3. The highest BCUT2D eigenvalue weighted by Crippen LogP contribution is 2.46. The highest BCUT2D eigenvalue weighted by molar-refractivity contribution is 6.04. The van der Waals surface area contributed by atoms with Gasteiger partial charge in [-0.3, -0.25) is 4.79 Å². The summed E-state index contributed by atoms with van der Waals surface area (Å²) in [6, 6.07) is 20.8. The molecule has 3 aromatic carbocycles. The number of amides is 1. The molecule has 3 aromatic rings. The zero-order valence-electron chi connectivity index (χ0n) is 30.5. The van der Waals surface area contributed by atoms with Crippen molar-refractivity contribution in [1.82, 2.24) is 9.80 Å². The first-order valence-corrected chi connectivity index (χ1v) is 18.3. The van der Waals surface area contributed by atoms with E-state index in [1.54, 1.807) is 21.3 Å². The fraction of sp³-hybridized carbons (Fsp3) is 0.537. The topological polar surface area (TPSA) is 63.7 Å². The largest absolute Gasteiger partial charge is 0.493 e. The molecular formula is C41H57N3O5. The highest BCUT2D eigenvalue weighted by atomic mass is 16.5. The van der Waals surface area contributed by atoms with Crippen molar-refractivity contribution in [2.75, 3.05) is 79.2 Å². The molecule has 49 heavy (non-hydrogen) atoms. The van der Waals surface area contributed by atoms with Crippen LogP contribution in [0.2, 0.25) is 0 Å². The molecule has 1 atom stereocenters. The van der Waals surface area contributed by atoms with Crippen LogP contribution in [0.1, 0.15) is 68.6 Å². The first-order valence-electron chi connectivity index (χ1n) is 18.3. The van der Waals surface area contributed by atoms with E-state index in [0.717, 1.165) is 94.8 Å². The van der Waals surface area contributed by atoms with Crippen LogP contribution in [0.25, 0.3) is 0 Å². The first-order chi connectivity index (χ1) is 23.9. The number of rotatable bonds is 18. The molecule has 5 rings (SSSR count). The molecular weight excluding hydrogens is 614 g/mol. The molecule has 0 N–H and O–H groups in total. The molecule has 2 aliphatic rings. The van der Waals surface area contributed by atoms with Gasteiger partial charge >= 0.3 is 0 Å². The lowest BCUT2D eigenvalue weighted by Crippen LogP contribution is -2.50. The average molecular weight is 672 g/mol. The number of carbonyl (C=O) groups is 1. The van der Waals surface area contributed by atoms with Crippen LogP contribution in [0, 0.1) is 0 Å². The van der Waals surface area contributed by atoms with Gasteiger partial charge in [-0.1, -0.05) is 69.0 Å². The third-order valence-electron chi connectivity index (χ3n) is 10.5. The van der Waals surface area contributed by atoms with Crippen molar-refractivity contribution < 1.29 is 23.7 Å². The number of hydrogen-bond acceptors (Lipinski definition) is 7. The van der Waals surface area contributed by atoms with Crippen molar-refractivity contribution in [2.24, 2.45) is 0 Å². The van der Waals surface area contributed by atoms with Gasteiger partial charge in [0.05, 0.1) is 33.4 Å². The molecule has 1 unspecified atom stereocenters. The van der Waals surface area contributed by atoms with Crippen LogP contribution in [0.4, 0.5) is 5.69 Å². The van der Waals surface area contributed by atoms with E-state index in [1.165, 1.54) is 24.0 Å². The van der Waals surface area contributed by atoms with Crippen LogP contribution in [0.15, 0.2) is 60.7 Å². The van der Waals surface area contributed by atoms with Crippen molar-refractivity contribution in [3.63, 3.8) is 0 Å². The Morgan fingerprint density at radius 2 is 1.41 bits per heavy atom. The van der Waals surface area contributed by atoms with Crippen molar-refractivity contribution in [3.8, 4) is 23.0 Å². The van der Waals surface area contributed by atoms with Crippen LogP contribution in [0.5, 0.6) is 23.0 Å². The molecule has 8 nitrogen and oxygen atoms in total. The van der Waals surface area contributed by atoms with E-state index in [1.807, 2.05) is 24.1 Å². The summed E-state index contributed by atoms with van der Waals surface area (Å²) < 4.78 is 23.1. The number of para-hydroxylation sites is 2. The maximum Gasteiger partial charge on any atom is 0.237 e. The van der Waals surface area contributed by atoms with Gasteiger partial charge in [-0.2, -0.15) is 0 Å². The van der Waals surface area contributed by atoms with Crippen LogP contribution >= 0.6 is 0 Å². The Kier molecular flexibility index (Phi) is 13.2. The molecule has 0 aromatic heterocycles. The van der Waals surface area contributed by atoms with Crippen molar-refractivity contribution in [3.05, 3.63) is 77.4 Å². The second kappa shape index (κ2) is 17.8. The number of unbranched alkanes of at least 4 members (excludes halogenated alkanes) is 4. The molecule has 0 bridgehead atoms. The molecule has 0 radical (unpaired) electrons. The molecule has 0 saturated carbocycles. The van der Waals surface area contributed by atoms with E-state index < -0.39 is 5.41 Å². The van der Waals surface area contributed by atoms with E-state index in [0.29, 0.717) is 30.3 Å². The molecule has 0 aliphatic carbocycles. The number of piperazine rings is 1. The number of carbonyl (C=O) groups excluding carboxylic acids is 1. The molecule has 2 aliphatic heterocycles. The Labute approximate surface area is 294 Å². The SMILES string of the molecule is CCCCCCC1(c2ccccc2OCCCCN2CCN(CCc3cc(OC)c(OC)c(OC)c3)CC2)Cc2ccccc2N(C)C1=O. The Bertz CT molecular complexity index is 1480. The normalized spacial score (nSPS) is 18.3. The summed E-state index contributed by atoms with van der Waals surface area (Å²) in [4.78, 5) is 21.2. The van der Waals surface area contributed by atoms with E-state index in [4.69, 9.17) is 18.9 Å². The Hall–Kier alpha value is -3.75. The molecule has 0 spiro atoms. The standard InChI is InChI=1S/C41H57N3O5/c1-6-7-8-13-21-41(31-33-16-9-11-18-35(33)42(2)40(41)45)34-17-10-12-19-36(34)49-28-15-14-22-43-24-26-44(27-25-43)23-20-32-29-37(46-3)39(48-5)38(30-32)47-4/h9-12,16-19,29-30H,6-8,13-15,20-28,31H2,1-5H3. The summed E-state index contributed by atoms with van der Waals surface area (Å²) >= 11 is 0. The fourth-order valence-corrected chi connectivity index (χ4v) is 7.62. The van der Waals surface area contributed by atoms with E-state index in [2.05, 4.69) is 65.3 Å². The van der Waals surface area contributed by atoms with Gasteiger partial charge in [0.25, 0.3) is 0 Å². The van der Waals surface area contributed by atoms with Gasteiger partial charge in [-0.15, -0.1) is 0 Å². The third kappa shape index (κ3) is 8.71. The third-order valence-corrected chi connectivity index (χ3v) is 10.5. The predicted octanol–water partition coefficient (Wildman–Crippen LogP) is 7.16. The molecule has 1 amide bonds. The number of likely N-dealkylation sites (N-methyl/N-ethyl adjacent to an activating group) is 1. The molecule has 1 saturated heterocycles. The maximum absolute atomic E-state index is 14.2. The first kappa shape index (κ1) is 36.5. The number of methoxy groups -OCH3 is 3. The minimum atomic E-state index is -0.612. The van der Waals surface area contributed by atoms with Crippen LogP contribution in [-0.4, -0.2) is 90.0 Å². The lowest BCUT2D eigenvalue weighted by molar-refractivity contribution is -0.124. The summed E-state index contributed by atoms with van der Waals surface area (Å²) in [6.45, 7) is 9.26. The van der Waals surface area contributed by atoms with Crippen molar-refractivity contribution in [1.29, 1.82) is 0 Å². The lowest BCUT2D eigenvalue weighted by Gasteiger charge is -2.42. The van der Waals surface area contributed by atoms with Crippen LogP contribution in [0.3, 0.4) is 0 Å². The highest BCUT2D eigenvalue weighted by Gasteiger charge is 2.47. The number of fused-ring (bicyclic) bond motifs is 1. The number of ether oxygens (including phenoxy) is 4. The molecule has 1 fully saturated rings. The quantitative estimate of drug-likeness (QED) is 0.133. The van der Waals surface area contributed by atoms with Crippen molar-refractivity contribution >= 4 is 11.6 Å². The van der Waals surface area contributed by atoms with Gasteiger partial charge in [0.2, 0.25) is 11.7 Å². The van der Waals surface area contributed by atoms with Crippen molar-refractivity contribution in [2.45, 2.75) is 70.1 Å². The van der Waals surface area contributed by atoms with E-state index in [9.17, 15) is 4.79 Å².